The molecule has 1 atom stereocenters. The molecule has 1 saturated carbocycles. The highest BCUT2D eigenvalue weighted by Crippen LogP contribution is 2.44. The van der Waals surface area contributed by atoms with Gasteiger partial charge in [0.05, 0.1) is 6.61 Å². The van der Waals surface area contributed by atoms with E-state index in [9.17, 15) is 21.6 Å². The number of rotatable bonds is 7. The second-order valence-corrected chi connectivity index (χ2v) is 6.66. The largest absolute Gasteiger partial charge is 0.370 e. The lowest BCUT2D eigenvalue weighted by Crippen LogP contribution is -2.34. The van der Waals surface area contributed by atoms with Crippen LogP contribution in [0.15, 0.2) is 29.2 Å². The number of likely N-dealkylation sites (N-methyl/N-ethyl adjacent to an activating group) is 1. The van der Waals surface area contributed by atoms with Crippen molar-refractivity contribution >= 4 is 10.0 Å². The molecule has 2 rings (SSSR count). The second-order valence-electron chi connectivity index (χ2n) is 4.75. The maximum Gasteiger partial charge on any atom is 0.276 e. The molecule has 0 heterocycles. The zero-order valence-electron chi connectivity index (χ0n) is 11.4. The zero-order valence-corrected chi connectivity index (χ0v) is 12.2. The molecule has 0 bridgehead atoms. The standard InChI is InChI=1S/C13H16F3NO3S/c1-2-17(7-8-20-12-9-13(12,15)16)21(18,19)11-6-4-3-5-10(11)14/h3-6,12H,2,7-9H2,1H3. The minimum absolute atomic E-state index is 0.0975. The predicted octanol–water partition coefficient (Wildman–Crippen LogP) is 2.26. The minimum Gasteiger partial charge on any atom is -0.370 e. The van der Waals surface area contributed by atoms with Crippen LogP contribution in [-0.4, -0.2) is 44.4 Å². The number of nitrogens with zero attached hydrogens (tertiary/aromatic N) is 1. The molecule has 8 heteroatoms. The van der Waals surface area contributed by atoms with Gasteiger partial charge in [0, 0.05) is 19.5 Å². The predicted molar refractivity (Wildman–Crippen MR) is 70.1 cm³/mol. The average Bonchev–Trinajstić information content (AvgIpc) is 3.02. The van der Waals surface area contributed by atoms with E-state index >= 15 is 0 Å². The number of halogens is 3. The number of ether oxygens (including phenoxy) is 1. The molecular formula is C13H16F3NO3S. The van der Waals surface area contributed by atoms with Gasteiger partial charge in [-0.2, -0.15) is 4.31 Å². The number of hydrogen-bond donors (Lipinski definition) is 0. The summed E-state index contributed by atoms with van der Waals surface area (Å²) in [6.07, 6.45) is -1.47. The first-order chi connectivity index (χ1) is 9.79. The summed E-state index contributed by atoms with van der Waals surface area (Å²) in [5, 5.41) is 0. The average molecular weight is 323 g/mol. The molecule has 1 aliphatic rings. The maximum atomic E-state index is 13.6. The zero-order chi connectivity index (χ0) is 15.7. The van der Waals surface area contributed by atoms with Crippen LogP contribution in [0.4, 0.5) is 13.2 Å². The monoisotopic (exact) mass is 323 g/mol. The fraction of sp³-hybridized carbons (Fsp3) is 0.538. The Morgan fingerprint density at radius 2 is 2.00 bits per heavy atom. The summed E-state index contributed by atoms with van der Waals surface area (Å²) in [4.78, 5) is -0.427. The highest BCUT2D eigenvalue weighted by Gasteiger charge is 2.58. The van der Waals surface area contributed by atoms with Crippen LogP contribution in [0.5, 0.6) is 0 Å². The minimum atomic E-state index is -4.00. The first-order valence-corrected chi connectivity index (χ1v) is 7.97. The molecule has 118 valence electrons. The third-order valence-corrected chi connectivity index (χ3v) is 5.24. The van der Waals surface area contributed by atoms with E-state index < -0.39 is 32.8 Å². The number of hydrogen-bond acceptors (Lipinski definition) is 3. The van der Waals surface area contributed by atoms with Gasteiger partial charge in [-0.3, -0.25) is 0 Å². The van der Waals surface area contributed by atoms with E-state index in [1.165, 1.54) is 18.2 Å². The van der Waals surface area contributed by atoms with E-state index in [0.717, 1.165) is 10.4 Å². The van der Waals surface area contributed by atoms with Gasteiger partial charge in [-0.15, -0.1) is 0 Å². The van der Waals surface area contributed by atoms with Crippen molar-refractivity contribution < 1.29 is 26.3 Å². The Kier molecular flexibility index (Phi) is 4.60. The molecule has 0 saturated heterocycles. The van der Waals surface area contributed by atoms with Gasteiger partial charge >= 0.3 is 0 Å². The van der Waals surface area contributed by atoms with E-state index in [4.69, 9.17) is 4.74 Å². The van der Waals surface area contributed by atoms with Gasteiger partial charge in [0.25, 0.3) is 5.92 Å². The smallest absolute Gasteiger partial charge is 0.276 e. The van der Waals surface area contributed by atoms with Crippen molar-refractivity contribution in [3.63, 3.8) is 0 Å². The van der Waals surface area contributed by atoms with Gasteiger partial charge in [0.15, 0.2) is 0 Å². The van der Waals surface area contributed by atoms with Crippen molar-refractivity contribution in [3.8, 4) is 0 Å². The molecule has 1 aliphatic carbocycles. The molecule has 1 unspecified atom stereocenters. The van der Waals surface area contributed by atoms with Crippen LogP contribution >= 0.6 is 0 Å². The summed E-state index contributed by atoms with van der Waals surface area (Å²) in [5.41, 5.74) is 0. The summed E-state index contributed by atoms with van der Waals surface area (Å²) in [6, 6.07) is 5.04. The van der Waals surface area contributed by atoms with E-state index in [2.05, 4.69) is 0 Å². The Morgan fingerprint density at radius 3 is 2.52 bits per heavy atom. The fourth-order valence-corrected chi connectivity index (χ4v) is 3.41. The van der Waals surface area contributed by atoms with Gasteiger partial charge < -0.3 is 4.74 Å². The SMILES string of the molecule is CCN(CCOC1CC1(F)F)S(=O)(=O)c1ccccc1F. The van der Waals surface area contributed by atoms with Gasteiger partial charge in [-0.1, -0.05) is 19.1 Å². The second kappa shape index (κ2) is 5.94. The van der Waals surface area contributed by atoms with Crippen molar-refractivity contribution in [3.05, 3.63) is 30.1 Å². The molecule has 0 spiro atoms. The molecule has 0 N–H and O–H groups in total. The Morgan fingerprint density at radius 1 is 1.38 bits per heavy atom. The summed E-state index contributed by atoms with van der Waals surface area (Å²) < 4.78 is 69.4. The van der Waals surface area contributed by atoms with Crippen LogP contribution in [0.1, 0.15) is 13.3 Å². The highest BCUT2D eigenvalue weighted by molar-refractivity contribution is 7.89. The van der Waals surface area contributed by atoms with Crippen LogP contribution in [-0.2, 0) is 14.8 Å². The number of sulfonamides is 1. The Labute approximate surface area is 121 Å². The van der Waals surface area contributed by atoms with Gasteiger partial charge in [-0.05, 0) is 12.1 Å². The molecule has 4 nitrogen and oxygen atoms in total. The molecule has 21 heavy (non-hydrogen) atoms. The summed E-state index contributed by atoms with van der Waals surface area (Å²) >= 11 is 0. The molecule has 1 aromatic rings. The summed E-state index contributed by atoms with van der Waals surface area (Å²) in [5.74, 6) is -3.65. The fourth-order valence-electron chi connectivity index (χ4n) is 1.91. The quantitative estimate of drug-likeness (QED) is 0.773. The molecule has 0 aliphatic heterocycles. The summed E-state index contributed by atoms with van der Waals surface area (Å²) in [7, 11) is -4.00. The first kappa shape index (κ1) is 16.3. The van der Waals surface area contributed by atoms with Crippen molar-refractivity contribution in [2.45, 2.75) is 30.3 Å². The van der Waals surface area contributed by atoms with Gasteiger partial charge in [0.2, 0.25) is 10.0 Å². The highest BCUT2D eigenvalue weighted by atomic mass is 32.2. The van der Waals surface area contributed by atoms with Crippen LogP contribution in [0, 0.1) is 5.82 Å². The van der Waals surface area contributed by atoms with Crippen LogP contribution in [0.3, 0.4) is 0 Å². The van der Waals surface area contributed by atoms with Gasteiger partial charge in [-0.25, -0.2) is 21.6 Å². The van der Waals surface area contributed by atoms with E-state index in [1.54, 1.807) is 6.92 Å². The topological polar surface area (TPSA) is 46.6 Å². The molecular weight excluding hydrogens is 307 g/mol. The third kappa shape index (κ3) is 3.56. The normalized spacial score (nSPS) is 20.7. The number of alkyl halides is 2. The number of benzene rings is 1. The molecule has 0 radical (unpaired) electrons. The Hall–Kier alpha value is -1.12. The lowest BCUT2D eigenvalue weighted by Gasteiger charge is -2.20. The van der Waals surface area contributed by atoms with Crippen molar-refractivity contribution in [2.75, 3.05) is 19.7 Å². The van der Waals surface area contributed by atoms with E-state index in [1.807, 2.05) is 0 Å². The summed E-state index contributed by atoms with van der Waals surface area (Å²) in [6.45, 7) is 1.44. The van der Waals surface area contributed by atoms with Gasteiger partial charge in [0.1, 0.15) is 16.8 Å². The van der Waals surface area contributed by atoms with Crippen LogP contribution < -0.4 is 0 Å². The van der Waals surface area contributed by atoms with Crippen molar-refractivity contribution in [2.24, 2.45) is 0 Å². The van der Waals surface area contributed by atoms with Crippen LogP contribution in [0.25, 0.3) is 0 Å². The van der Waals surface area contributed by atoms with Crippen molar-refractivity contribution in [1.82, 2.24) is 4.31 Å². The van der Waals surface area contributed by atoms with E-state index in [-0.39, 0.29) is 26.1 Å². The lowest BCUT2D eigenvalue weighted by atomic mass is 10.4. The molecule has 1 aromatic carbocycles. The molecule has 1 fully saturated rings. The van der Waals surface area contributed by atoms with Crippen LogP contribution in [0.2, 0.25) is 0 Å². The third-order valence-electron chi connectivity index (χ3n) is 3.24. The Bertz CT molecular complexity index is 606. The van der Waals surface area contributed by atoms with E-state index in [0.29, 0.717) is 0 Å². The molecule has 0 amide bonds. The lowest BCUT2D eigenvalue weighted by molar-refractivity contribution is 0.0110. The maximum absolute atomic E-state index is 13.6. The Balaban J connectivity index is 2.01. The molecule has 0 aromatic heterocycles. The first-order valence-electron chi connectivity index (χ1n) is 6.53. The van der Waals surface area contributed by atoms with Crippen molar-refractivity contribution in [1.29, 1.82) is 0 Å².